The van der Waals surface area contributed by atoms with Crippen LogP contribution in [0, 0.1) is 5.92 Å². The maximum atomic E-state index is 14.0. The number of ether oxygens (including phenoxy) is 2. The molecular formula is C34H45N3O6S. The molecule has 0 saturated heterocycles. The summed E-state index contributed by atoms with van der Waals surface area (Å²) in [5, 5.41) is 3.02. The second-order valence-electron chi connectivity index (χ2n) is 11.1. The molecule has 0 radical (unpaired) electrons. The van der Waals surface area contributed by atoms with Crippen LogP contribution in [0.5, 0.6) is 11.5 Å². The third kappa shape index (κ3) is 10.6. The molecule has 0 bridgehead atoms. The Kier molecular flexibility index (Phi) is 13.1. The topological polar surface area (TPSA) is 105 Å². The zero-order valence-corrected chi connectivity index (χ0v) is 27.2. The van der Waals surface area contributed by atoms with E-state index in [0.29, 0.717) is 36.8 Å². The number of methoxy groups -OCH3 is 1. The second kappa shape index (κ2) is 16.7. The number of nitrogens with one attached hydrogen (secondary N) is 1. The average molecular weight is 624 g/mol. The van der Waals surface area contributed by atoms with Gasteiger partial charge in [0.2, 0.25) is 21.8 Å². The molecule has 0 aliphatic rings. The molecule has 238 valence electrons. The molecule has 0 fully saturated rings. The molecule has 0 aromatic heterocycles. The fraction of sp³-hybridized carbons (Fsp3) is 0.412. The molecule has 0 saturated carbocycles. The van der Waals surface area contributed by atoms with Crippen molar-refractivity contribution in [3.63, 3.8) is 0 Å². The molecular weight excluding hydrogens is 578 g/mol. The fourth-order valence-electron chi connectivity index (χ4n) is 4.82. The molecule has 3 rings (SSSR count). The van der Waals surface area contributed by atoms with E-state index < -0.39 is 16.1 Å². The van der Waals surface area contributed by atoms with E-state index in [1.807, 2.05) is 75.4 Å². The van der Waals surface area contributed by atoms with Crippen LogP contribution in [0.3, 0.4) is 0 Å². The van der Waals surface area contributed by atoms with E-state index in [1.165, 1.54) is 4.31 Å². The molecule has 0 aliphatic carbocycles. The number of sulfonamides is 1. The van der Waals surface area contributed by atoms with Crippen LogP contribution in [0.2, 0.25) is 0 Å². The first kappa shape index (κ1) is 34.4. The van der Waals surface area contributed by atoms with Crippen molar-refractivity contribution in [1.82, 2.24) is 10.2 Å². The summed E-state index contributed by atoms with van der Waals surface area (Å²) in [7, 11) is -2.03. The first-order valence-electron chi connectivity index (χ1n) is 15.0. The Morgan fingerprint density at radius 1 is 0.909 bits per heavy atom. The summed E-state index contributed by atoms with van der Waals surface area (Å²) in [6.07, 6.45) is 1.80. The van der Waals surface area contributed by atoms with Gasteiger partial charge >= 0.3 is 0 Å². The number of hydrogen-bond donors (Lipinski definition) is 1. The minimum absolute atomic E-state index is 0.0514. The van der Waals surface area contributed by atoms with Crippen molar-refractivity contribution in [3.05, 3.63) is 90.0 Å². The maximum Gasteiger partial charge on any atom is 0.243 e. The van der Waals surface area contributed by atoms with Gasteiger partial charge in [0.25, 0.3) is 0 Å². The maximum absolute atomic E-state index is 14.0. The van der Waals surface area contributed by atoms with Crippen LogP contribution in [0.1, 0.15) is 44.7 Å². The van der Waals surface area contributed by atoms with Crippen molar-refractivity contribution in [2.45, 2.75) is 52.6 Å². The zero-order chi connectivity index (χ0) is 32.1. The Balaban J connectivity index is 1.88. The lowest BCUT2D eigenvalue weighted by Gasteiger charge is -2.32. The molecule has 0 heterocycles. The average Bonchev–Trinajstić information content (AvgIpc) is 3.00. The van der Waals surface area contributed by atoms with Crippen molar-refractivity contribution in [1.29, 1.82) is 0 Å². The smallest absolute Gasteiger partial charge is 0.243 e. The molecule has 0 spiro atoms. The van der Waals surface area contributed by atoms with E-state index in [0.717, 1.165) is 17.4 Å². The van der Waals surface area contributed by atoms with Gasteiger partial charge in [-0.15, -0.1) is 0 Å². The van der Waals surface area contributed by atoms with Crippen molar-refractivity contribution in [3.8, 4) is 11.5 Å². The highest BCUT2D eigenvalue weighted by Crippen LogP contribution is 2.23. The van der Waals surface area contributed by atoms with Gasteiger partial charge < -0.3 is 19.7 Å². The molecule has 10 heteroatoms. The summed E-state index contributed by atoms with van der Waals surface area (Å²) in [6.45, 7) is 7.20. The Morgan fingerprint density at radius 3 is 2.20 bits per heavy atom. The van der Waals surface area contributed by atoms with Gasteiger partial charge in [0.1, 0.15) is 17.5 Å². The van der Waals surface area contributed by atoms with E-state index >= 15 is 0 Å². The number of amides is 2. The number of hydrogen-bond acceptors (Lipinski definition) is 6. The van der Waals surface area contributed by atoms with Crippen LogP contribution in [0.4, 0.5) is 5.69 Å². The SMILES string of the molecule is CCOc1ccc(N(CCCC(=O)N(Cc2cccc(OC)c2)[C@@H](Cc2ccccc2)C(=O)NCC(C)C)S(C)(=O)=O)cc1. The quantitative estimate of drug-likeness (QED) is 0.226. The lowest BCUT2D eigenvalue weighted by molar-refractivity contribution is -0.141. The van der Waals surface area contributed by atoms with E-state index in [4.69, 9.17) is 9.47 Å². The predicted octanol–water partition coefficient (Wildman–Crippen LogP) is 5.05. The Hall–Kier alpha value is -4.05. The van der Waals surface area contributed by atoms with E-state index in [-0.39, 0.29) is 43.7 Å². The van der Waals surface area contributed by atoms with Crippen molar-refractivity contribution in [2.75, 3.05) is 37.4 Å². The molecule has 1 N–H and O–H groups in total. The summed E-state index contributed by atoms with van der Waals surface area (Å²) in [5.41, 5.74) is 2.24. The highest BCUT2D eigenvalue weighted by atomic mass is 32.2. The van der Waals surface area contributed by atoms with Gasteiger partial charge in [-0.1, -0.05) is 56.3 Å². The lowest BCUT2D eigenvalue weighted by atomic mass is 10.0. The first-order valence-corrected chi connectivity index (χ1v) is 16.8. The molecule has 2 amide bonds. The summed E-state index contributed by atoms with van der Waals surface area (Å²) in [4.78, 5) is 29.3. The highest BCUT2D eigenvalue weighted by Gasteiger charge is 2.30. The Labute approximate surface area is 262 Å². The van der Waals surface area contributed by atoms with E-state index in [2.05, 4.69) is 5.32 Å². The second-order valence-corrected chi connectivity index (χ2v) is 13.0. The molecule has 9 nitrogen and oxygen atoms in total. The molecule has 44 heavy (non-hydrogen) atoms. The molecule has 3 aromatic rings. The van der Waals surface area contributed by atoms with Crippen molar-refractivity contribution in [2.24, 2.45) is 5.92 Å². The van der Waals surface area contributed by atoms with Gasteiger partial charge in [-0.2, -0.15) is 0 Å². The largest absolute Gasteiger partial charge is 0.497 e. The van der Waals surface area contributed by atoms with Gasteiger partial charge in [-0.25, -0.2) is 8.42 Å². The molecule has 0 aliphatic heterocycles. The van der Waals surface area contributed by atoms with Crippen LogP contribution in [-0.2, 0) is 32.6 Å². The first-order chi connectivity index (χ1) is 21.0. The van der Waals surface area contributed by atoms with Gasteiger partial charge in [0, 0.05) is 32.5 Å². The monoisotopic (exact) mass is 623 g/mol. The number of anilines is 1. The van der Waals surface area contributed by atoms with Crippen LogP contribution in [0.15, 0.2) is 78.9 Å². The van der Waals surface area contributed by atoms with Gasteiger partial charge in [0.05, 0.1) is 25.7 Å². The Morgan fingerprint density at radius 2 is 1.59 bits per heavy atom. The molecule has 3 aromatic carbocycles. The number of carbonyl (C=O) groups is 2. The van der Waals surface area contributed by atoms with E-state index in [9.17, 15) is 18.0 Å². The third-order valence-electron chi connectivity index (χ3n) is 7.03. The number of rotatable bonds is 17. The third-order valence-corrected chi connectivity index (χ3v) is 8.22. The van der Waals surface area contributed by atoms with Gasteiger partial charge in [0.15, 0.2) is 0 Å². The van der Waals surface area contributed by atoms with Gasteiger partial charge in [-0.05, 0) is 66.8 Å². The van der Waals surface area contributed by atoms with Crippen LogP contribution in [0.25, 0.3) is 0 Å². The molecule has 1 atom stereocenters. The van der Waals surface area contributed by atoms with Crippen LogP contribution < -0.4 is 19.1 Å². The summed E-state index contributed by atoms with van der Waals surface area (Å²) >= 11 is 0. The number of nitrogens with zero attached hydrogens (tertiary/aromatic N) is 2. The Bertz CT molecular complexity index is 1450. The summed E-state index contributed by atoms with van der Waals surface area (Å²) in [5.74, 6) is 1.06. The fourth-order valence-corrected chi connectivity index (χ4v) is 5.79. The normalized spacial score (nSPS) is 12.0. The van der Waals surface area contributed by atoms with Crippen LogP contribution >= 0.6 is 0 Å². The van der Waals surface area contributed by atoms with Crippen molar-refractivity contribution < 1.29 is 27.5 Å². The lowest BCUT2D eigenvalue weighted by Crippen LogP contribution is -2.51. The summed E-state index contributed by atoms with van der Waals surface area (Å²) in [6, 6.07) is 23.1. The summed E-state index contributed by atoms with van der Waals surface area (Å²) < 4.78 is 37.6. The minimum atomic E-state index is -3.61. The van der Waals surface area contributed by atoms with Gasteiger partial charge in [-0.3, -0.25) is 13.9 Å². The highest BCUT2D eigenvalue weighted by molar-refractivity contribution is 7.92. The van der Waals surface area contributed by atoms with Crippen LogP contribution in [-0.4, -0.2) is 64.2 Å². The van der Waals surface area contributed by atoms with E-state index in [1.54, 1.807) is 36.3 Å². The standard InChI is InChI=1S/C34H45N3O6S/c1-6-43-30-19-17-29(18-20-30)37(44(5,40)41)21-11-16-33(38)36(25-28-14-10-15-31(22-28)42-4)32(34(39)35-24-26(2)3)23-27-12-8-7-9-13-27/h7-10,12-15,17-20,22,26,32H,6,11,16,21,23-25H2,1-5H3,(H,35,39)/t32-/m0/s1. The number of carbonyl (C=O) groups excluding carboxylic acids is 2. The van der Waals surface area contributed by atoms with Crippen molar-refractivity contribution >= 4 is 27.5 Å². The predicted molar refractivity (Wildman–Crippen MR) is 174 cm³/mol. The molecule has 0 unspecified atom stereocenters. The minimum Gasteiger partial charge on any atom is -0.497 e. The zero-order valence-electron chi connectivity index (χ0n) is 26.4. The number of benzene rings is 3.